The zero-order valence-corrected chi connectivity index (χ0v) is 13.5. The highest BCUT2D eigenvalue weighted by Crippen LogP contribution is 2.34. The summed E-state index contributed by atoms with van der Waals surface area (Å²) in [6.45, 7) is 7.47. The first kappa shape index (κ1) is 15.0. The molecule has 4 heteroatoms. The molecule has 2 unspecified atom stereocenters. The average molecular weight is 281 g/mol. The van der Waals surface area contributed by atoms with E-state index in [9.17, 15) is 0 Å². The van der Waals surface area contributed by atoms with Gasteiger partial charge in [0.1, 0.15) is 0 Å². The molecule has 108 valence electrons. The second kappa shape index (κ2) is 6.35. The molecule has 0 bridgehead atoms. The Balaban J connectivity index is 2.19. The van der Waals surface area contributed by atoms with Crippen molar-refractivity contribution in [1.29, 1.82) is 0 Å². The van der Waals surface area contributed by atoms with E-state index in [0.29, 0.717) is 12.1 Å². The lowest BCUT2D eigenvalue weighted by Gasteiger charge is -2.34. The second-order valence-electron chi connectivity index (χ2n) is 5.92. The summed E-state index contributed by atoms with van der Waals surface area (Å²) in [4.78, 5) is 7.76. The second-order valence-corrected chi connectivity index (χ2v) is 7.38. The molecule has 2 atom stereocenters. The van der Waals surface area contributed by atoms with Crippen molar-refractivity contribution < 1.29 is 0 Å². The number of likely N-dealkylation sites (N-methyl/N-ethyl adjacent to an activating group) is 1. The molecule has 1 aromatic heterocycles. The molecule has 3 nitrogen and oxygen atoms in total. The van der Waals surface area contributed by atoms with E-state index < -0.39 is 0 Å². The van der Waals surface area contributed by atoms with Gasteiger partial charge in [0.25, 0.3) is 0 Å². The number of hydrogen-bond donors (Lipinski definition) is 1. The minimum atomic E-state index is 0.400. The van der Waals surface area contributed by atoms with Crippen LogP contribution < -0.4 is 5.73 Å². The monoisotopic (exact) mass is 281 g/mol. The van der Waals surface area contributed by atoms with E-state index in [4.69, 9.17) is 5.73 Å². The van der Waals surface area contributed by atoms with Gasteiger partial charge in [0.05, 0.1) is 0 Å². The van der Waals surface area contributed by atoms with Crippen molar-refractivity contribution >= 4 is 11.3 Å². The number of rotatable bonds is 5. The maximum absolute atomic E-state index is 6.11. The third-order valence-electron chi connectivity index (χ3n) is 4.06. The summed E-state index contributed by atoms with van der Waals surface area (Å²) in [6.07, 6.45) is 2.61. The quantitative estimate of drug-likeness (QED) is 0.899. The molecule has 1 saturated heterocycles. The molecule has 2 rings (SSSR count). The van der Waals surface area contributed by atoms with Crippen molar-refractivity contribution in [1.82, 2.24) is 9.80 Å². The van der Waals surface area contributed by atoms with Crippen molar-refractivity contribution in [3.05, 3.63) is 21.4 Å². The van der Waals surface area contributed by atoms with E-state index in [0.717, 1.165) is 13.1 Å². The average Bonchev–Trinajstić information content (AvgIpc) is 2.88. The maximum Gasteiger partial charge on any atom is 0.0484 e. The fourth-order valence-electron chi connectivity index (χ4n) is 3.31. The van der Waals surface area contributed by atoms with Crippen LogP contribution in [0.3, 0.4) is 0 Å². The Bertz CT molecular complexity index is 414. The first-order chi connectivity index (χ1) is 9.02. The molecule has 1 aliphatic rings. The number of hydrogen-bond acceptors (Lipinski definition) is 4. The normalized spacial score (nSPS) is 22.3. The van der Waals surface area contributed by atoms with Gasteiger partial charge in [0.15, 0.2) is 0 Å². The van der Waals surface area contributed by atoms with Gasteiger partial charge in [-0.2, -0.15) is 0 Å². The van der Waals surface area contributed by atoms with Gasteiger partial charge in [-0.3, -0.25) is 4.90 Å². The largest absolute Gasteiger partial charge is 0.329 e. The van der Waals surface area contributed by atoms with Crippen LogP contribution in [0.2, 0.25) is 0 Å². The predicted molar refractivity (Wildman–Crippen MR) is 83.9 cm³/mol. The summed E-state index contributed by atoms with van der Waals surface area (Å²) in [5, 5.41) is 0. The lowest BCUT2D eigenvalue weighted by atomic mass is 10.0. The van der Waals surface area contributed by atoms with Crippen LogP contribution in [0.25, 0.3) is 0 Å². The number of thiophene rings is 1. The first-order valence-corrected chi connectivity index (χ1v) is 8.02. The number of aryl methyl sites for hydroxylation is 2. The number of nitrogens with two attached hydrogens (primary N) is 1. The Hall–Kier alpha value is -0.420. The Morgan fingerprint density at radius 2 is 2.21 bits per heavy atom. The van der Waals surface area contributed by atoms with E-state index in [1.54, 1.807) is 0 Å². The van der Waals surface area contributed by atoms with E-state index >= 15 is 0 Å². The van der Waals surface area contributed by atoms with Crippen LogP contribution in [0.1, 0.15) is 34.2 Å². The number of likely N-dealkylation sites (tertiary alicyclic amines) is 1. The molecule has 1 aromatic rings. The SMILES string of the molecule is Cc1cc(C(CN)N2CCCC2CN(C)C)c(C)s1. The third kappa shape index (κ3) is 3.37. The Kier molecular flexibility index (Phi) is 5.01. The molecule has 0 radical (unpaired) electrons. The van der Waals surface area contributed by atoms with Crippen molar-refractivity contribution in [2.24, 2.45) is 5.73 Å². The highest BCUT2D eigenvalue weighted by atomic mass is 32.1. The number of nitrogens with zero attached hydrogens (tertiary/aromatic N) is 2. The smallest absolute Gasteiger partial charge is 0.0484 e. The van der Waals surface area contributed by atoms with Gasteiger partial charge in [0, 0.05) is 34.9 Å². The molecule has 0 aromatic carbocycles. The molecule has 0 saturated carbocycles. The molecular formula is C15H27N3S. The highest BCUT2D eigenvalue weighted by molar-refractivity contribution is 7.12. The van der Waals surface area contributed by atoms with E-state index in [1.807, 2.05) is 11.3 Å². The van der Waals surface area contributed by atoms with Crippen LogP contribution in [-0.4, -0.2) is 49.6 Å². The summed E-state index contributed by atoms with van der Waals surface area (Å²) in [7, 11) is 4.32. The molecule has 2 heterocycles. The molecule has 0 aliphatic carbocycles. The van der Waals surface area contributed by atoms with E-state index in [2.05, 4.69) is 43.8 Å². The Morgan fingerprint density at radius 3 is 2.74 bits per heavy atom. The van der Waals surface area contributed by atoms with Gasteiger partial charge in [-0.1, -0.05) is 0 Å². The van der Waals surface area contributed by atoms with Crippen LogP contribution >= 0.6 is 11.3 Å². The molecule has 19 heavy (non-hydrogen) atoms. The van der Waals surface area contributed by atoms with Crippen molar-refractivity contribution in [3.63, 3.8) is 0 Å². The summed E-state index contributed by atoms with van der Waals surface area (Å²) in [5.41, 5.74) is 7.56. The van der Waals surface area contributed by atoms with Crippen LogP contribution in [0.15, 0.2) is 6.07 Å². The standard InChI is InChI=1S/C15H27N3S/c1-11-8-14(12(2)19-11)15(9-16)18-7-5-6-13(18)10-17(3)4/h8,13,15H,5-7,9-10,16H2,1-4H3. The van der Waals surface area contributed by atoms with Crippen molar-refractivity contribution in [3.8, 4) is 0 Å². The zero-order chi connectivity index (χ0) is 14.0. The van der Waals surface area contributed by atoms with Gasteiger partial charge < -0.3 is 10.6 Å². The van der Waals surface area contributed by atoms with Gasteiger partial charge >= 0.3 is 0 Å². The minimum Gasteiger partial charge on any atom is -0.329 e. The maximum atomic E-state index is 6.11. The van der Waals surface area contributed by atoms with Crippen LogP contribution in [-0.2, 0) is 0 Å². The predicted octanol–water partition coefficient (Wildman–Crippen LogP) is 2.39. The first-order valence-electron chi connectivity index (χ1n) is 7.20. The molecule has 1 aliphatic heterocycles. The Morgan fingerprint density at radius 1 is 1.47 bits per heavy atom. The molecular weight excluding hydrogens is 254 g/mol. The van der Waals surface area contributed by atoms with Crippen molar-refractivity contribution in [2.45, 2.75) is 38.8 Å². The van der Waals surface area contributed by atoms with Gasteiger partial charge in [-0.25, -0.2) is 0 Å². The summed E-state index contributed by atoms with van der Waals surface area (Å²) >= 11 is 1.89. The summed E-state index contributed by atoms with van der Waals surface area (Å²) in [6, 6.07) is 3.39. The van der Waals surface area contributed by atoms with E-state index in [1.165, 1.54) is 34.7 Å². The summed E-state index contributed by atoms with van der Waals surface area (Å²) < 4.78 is 0. The summed E-state index contributed by atoms with van der Waals surface area (Å²) in [5.74, 6) is 0. The van der Waals surface area contributed by atoms with Crippen LogP contribution in [0.4, 0.5) is 0 Å². The lowest BCUT2D eigenvalue weighted by molar-refractivity contribution is 0.156. The minimum absolute atomic E-state index is 0.400. The van der Waals surface area contributed by atoms with Crippen molar-refractivity contribution in [2.75, 3.05) is 33.7 Å². The Labute approximate surface area is 121 Å². The molecule has 1 fully saturated rings. The molecule has 0 amide bonds. The van der Waals surface area contributed by atoms with E-state index in [-0.39, 0.29) is 0 Å². The van der Waals surface area contributed by atoms with Gasteiger partial charge in [0.2, 0.25) is 0 Å². The fraction of sp³-hybridized carbons (Fsp3) is 0.733. The zero-order valence-electron chi connectivity index (χ0n) is 12.6. The third-order valence-corrected chi connectivity index (χ3v) is 5.04. The fourth-order valence-corrected chi connectivity index (χ4v) is 4.29. The van der Waals surface area contributed by atoms with Gasteiger partial charge in [-0.15, -0.1) is 11.3 Å². The lowest BCUT2D eigenvalue weighted by Crippen LogP contribution is -2.42. The van der Waals surface area contributed by atoms with Crippen LogP contribution in [0.5, 0.6) is 0 Å². The van der Waals surface area contributed by atoms with Crippen LogP contribution in [0, 0.1) is 13.8 Å². The molecule has 0 spiro atoms. The topological polar surface area (TPSA) is 32.5 Å². The van der Waals surface area contributed by atoms with Gasteiger partial charge in [-0.05, 0) is 59.0 Å². The molecule has 2 N–H and O–H groups in total. The highest BCUT2D eigenvalue weighted by Gasteiger charge is 2.32.